The van der Waals surface area contributed by atoms with E-state index in [2.05, 4.69) is 15.3 Å². The molecule has 0 atom stereocenters. The molecule has 0 unspecified atom stereocenters. The summed E-state index contributed by atoms with van der Waals surface area (Å²) >= 11 is 0. The third-order valence-corrected chi connectivity index (χ3v) is 2.77. The number of imidazole rings is 1. The Kier molecular flexibility index (Phi) is 3.81. The van der Waals surface area contributed by atoms with Crippen molar-refractivity contribution in [2.24, 2.45) is 5.92 Å². The lowest BCUT2D eigenvalue weighted by molar-refractivity contribution is -0.137. The molecule has 1 aliphatic carbocycles. The second-order valence-electron chi connectivity index (χ2n) is 4.45. The van der Waals surface area contributed by atoms with Crippen LogP contribution in [0.3, 0.4) is 0 Å². The van der Waals surface area contributed by atoms with Crippen LogP contribution in [0, 0.1) is 5.92 Å². The van der Waals surface area contributed by atoms with E-state index in [9.17, 15) is 9.59 Å². The second kappa shape index (κ2) is 5.52. The molecule has 2 rings (SSSR count). The molecule has 1 saturated carbocycles. The Morgan fingerprint density at radius 3 is 2.89 bits per heavy atom. The Labute approximate surface area is 104 Å². The Balaban J connectivity index is 1.83. The van der Waals surface area contributed by atoms with Crippen molar-refractivity contribution in [2.45, 2.75) is 19.4 Å². The van der Waals surface area contributed by atoms with Gasteiger partial charge in [0.05, 0.1) is 18.6 Å². The molecule has 7 heteroatoms. The van der Waals surface area contributed by atoms with E-state index in [0.717, 1.165) is 18.5 Å². The fourth-order valence-corrected chi connectivity index (χ4v) is 1.66. The predicted molar refractivity (Wildman–Crippen MR) is 62.8 cm³/mol. The lowest BCUT2D eigenvalue weighted by Gasteiger charge is -2.20. The third-order valence-electron chi connectivity index (χ3n) is 2.77. The maximum absolute atomic E-state index is 11.9. The number of aliphatic carboxylic acids is 1. The molecule has 1 aliphatic rings. The number of H-pyrrole nitrogens is 1. The van der Waals surface area contributed by atoms with Gasteiger partial charge in [-0.3, -0.25) is 4.79 Å². The highest BCUT2D eigenvalue weighted by Gasteiger charge is 2.27. The van der Waals surface area contributed by atoms with Crippen LogP contribution in [0.2, 0.25) is 0 Å². The molecule has 0 aliphatic heterocycles. The third kappa shape index (κ3) is 3.76. The van der Waals surface area contributed by atoms with E-state index in [4.69, 9.17) is 5.11 Å². The highest BCUT2D eigenvalue weighted by molar-refractivity contribution is 5.80. The van der Waals surface area contributed by atoms with Gasteiger partial charge in [-0.05, 0) is 18.8 Å². The van der Waals surface area contributed by atoms with Crippen molar-refractivity contribution in [1.82, 2.24) is 20.2 Å². The Bertz CT molecular complexity index is 414. The van der Waals surface area contributed by atoms with Gasteiger partial charge in [0.15, 0.2) is 0 Å². The number of hydrogen-bond donors (Lipinski definition) is 3. The molecule has 18 heavy (non-hydrogen) atoms. The molecule has 2 amide bonds. The van der Waals surface area contributed by atoms with Crippen LogP contribution in [-0.2, 0) is 11.3 Å². The molecule has 1 fully saturated rings. The second-order valence-corrected chi connectivity index (χ2v) is 4.45. The predicted octanol–water partition coefficient (Wildman–Crippen LogP) is 0.416. The average molecular weight is 252 g/mol. The Morgan fingerprint density at radius 1 is 1.56 bits per heavy atom. The standard InChI is InChI=1S/C11H16N4O3/c16-10(17)6-15(5-8-1-2-8)11(18)13-4-9-3-12-7-14-9/h3,7-8H,1-2,4-6H2,(H,12,14)(H,13,18)(H,16,17). The fourth-order valence-electron chi connectivity index (χ4n) is 1.66. The van der Waals surface area contributed by atoms with Crippen LogP contribution in [0.1, 0.15) is 18.5 Å². The number of carbonyl (C=O) groups is 2. The number of carboxylic acid groups (broad SMARTS) is 1. The Hall–Kier alpha value is -2.05. The van der Waals surface area contributed by atoms with Gasteiger partial charge in [0, 0.05) is 12.7 Å². The summed E-state index contributed by atoms with van der Waals surface area (Å²) in [5.74, 6) is -0.533. The lowest BCUT2D eigenvalue weighted by atomic mass is 10.3. The first-order valence-electron chi connectivity index (χ1n) is 5.87. The van der Waals surface area contributed by atoms with Crippen LogP contribution in [0.5, 0.6) is 0 Å². The zero-order valence-corrected chi connectivity index (χ0v) is 9.93. The zero-order chi connectivity index (χ0) is 13.0. The van der Waals surface area contributed by atoms with Crippen LogP contribution in [0.15, 0.2) is 12.5 Å². The van der Waals surface area contributed by atoms with Gasteiger partial charge in [-0.1, -0.05) is 0 Å². The molecule has 0 spiro atoms. The van der Waals surface area contributed by atoms with E-state index in [1.54, 1.807) is 6.20 Å². The number of nitrogens with one attached hydrogen (secondary N) is 2. The maximum Gasteiger partial charge on any atom is 0.323 e. The van der Waals surface area contributed by atoms with E-state index in [1.807, 2.05) is 0 Å². The van der Waals surface area contributed by atoms with Gasteiger partial charge in [-0.2, -0.15) is 0 Å². The molecule has 98 valence electrons. The molecular weight excluding hydrogens is 236 g/mol. The summed E-state index contributed by atoms with van der Waals surface area (Å²) in [6.45, 7) is 0.575. The number of urea groups is 1. The quantitative estimate of drug-likeness (QED) is 0.683. The SMILES string of the molecule is O=C(O)CN(CC1CC1)C(=O)NCc1cnc[nH]1. The van der Waals surface area contributed by atoms with Gasteiger partial charge in [-0.15, -0.1) is 0 Å². The fraction of sp³-hybridized carbons (Fsp3) is 0.545. The zero-order valence-electron chi connectivity index (χ0n) is 9.93. The number of aromatic nitrogens is 2. The van der Waals surface area contributed by atoms with Crippen LogP contribution >= 0.6 is 0 Å². The minimum Gasteiger partial charge on any atom is -0.480 e. The van der Waals surface area contributed by atoms with Crippen molar-refractivity contribution in [3.63, 3.8) is 0 Å². The van der Waals surface area contributed by atoms with Crippen molar-refractivity contribution in [3.8, 4) is 0 Å². The van der Waals surface area contributed by atoms with Gasteiger partial charge in [0.2, 0.25) is 0 Å². The van der Waals surface area contributed by atoms with E-state index < -0.39 is 5.97 Å². The number of carbonyl (C=O) groups excluding carboxylic acids is 1. The first kappa shape index (κ1) is 12.4. The molecule has 0 radical (unpaired) electrons. The molecule has 1 aromatic rings. The van der Waals surface area contributed by atoms with E-state index in [0.29, 0.717) is 19.0 Å². The average Bonchev–Trinajstić information content (AvgIpc) is 2.98. The first-order valence-corrected chi connectivity index (χ1v) is 5.87. The summed E-state index contributed by atoms with van der Waals surface area (Å²) in [6, 6.07) is -0.348. The first-order chi connectivity index (χ1) is 8.65. The van der Waals surface area contributed by atoms with Crippen molar-refractivity contribution in [3.05, 3.63) is 18.2 Å². The molecule has 0 saturated heterocycles. The van der Waals surface area contributed by atoms with Gasteiger partial charge >= 0.3 is 12.0 Å². The monoisotopic (exact) mass is 252 g/mol. The van der Waals surface area contributed by atoms with Crippen LogP contribution in [-0.4, -0.2) is 45.1 Å². The maximum atomic E-state index is 11.9. The van der Waals surface area contributed by atoms with Crippen LogP contribution < -0.4 is 5.32 Å². The molecule has 1 heterocycles. The van der Waals surface area contributed by atoms with Gasteiger partial charge in [-0.25, -0.2) is 9.78 Å². The topological polar surface area (TPSA) is 98.3 Å². The van der Waals surface area contributed by atoms with Gasteiger partial charge in [0.25, 0.3) is 0 Å². The van der Waals surface area contributed by atoms with E-state index >= 15 is 0 Å². The number of nitrogens with zero attached hydrogens (tertiary/aromatic N) is 2. The molecular formula is C11H16N4O3. The van der Waals surface area contributed by atoms with Crippen LogP contribution in [0.4, 0.5) is 4.79 Å². The number of aromatic amines is 1. The largest absolute Gasteiger partial charge is 0.480 e. The van der Waals surface area contributed by atoms with Gasteiger partial charge < -0.3 is 20.3 Å². The summed E-state index contributed by atoms with van der Waals surface area (Å²) in [6.07, 6.45) is 5.29. The van der Waals surface area contributed by atoms with Crippen molar-refractivity contribution in [2.75, 3.05) is 13.1 Å². The summed E-state index contributed by atoms with van der Waals surface area (Å²) in [7, 11) is 0. The normalized spacial score (nSPS) is 14.2. The highest BCUT2D eigenvalue weighted by atomic mass is 16.4. The van der Waals surface area contributed by atoms with Crippen LogP contribution in [0.25, 0.3) is 0 Å². The molecule has 1 aromatic heterocycles. The lowest BCUT2D eigenvalue weighted by Crippen LogP contribution is -2.43. The molecule has 0 aromatic carbocycles. The van der Waals surface area contributed by atoms with E-state index in [-0.39, 0.29) is 12.6 Å². The summed E-state index contributed by atoms with van der Waals surface area (Å²) in [5, 5.41) is 11.5. The highest BCUT2D eigenvalue weighted by Crippen LogP contribution is 2.29. The molecule has 7 nitrogen and oxygen atoms in total. The van der Waals surface area contributed by atoms with Crippen molar-refractivity contribution in [1.29, 1.82) is 0 Å². The summed E-state index contributed by atoms with van der Waals surface area (Å²) in [5.41, 5.74) is 0.782. The van der Waals surface area contributed by atoms with E-state index in [1.165, 1.54) is 11.2 Å². The number of carboxylic acids is 1. The minimum absolute atomic E-state index is 0.259. The number of amides is 2. The number of rotatable bonds is 6. The smallest absolute Gasteiger partial charge is 0.323 e. The molecule has 3 N–H and O–H groups in total. The number of hydrogen-bond acceptors (Lipinski definition) is 3. The summed E-state index contributed by atoms with van der Waals surface area (Å²) < 4.78 is 0. The Morgan fingerprint density at radius 2 is 2.33 bits per heavy atom. The van der Waals surface area contributed by atoms with Gasteiger partial charge in [0.1, 0.15) is 6.54 Å². The van der Waals surface area contributed by atoms with Crippen molar-refractivity contribution < 1.29 is 14.7 Å². The summed E-state index contributed by atoms with van der Waals surface area (Å²) in [4.78, 5) is 30.6. The minimum atomic E-state index is -0.993. The van der Waals surface area contributed by atoms with Crippen molar-refractivity contribution >= 4 is 12.0 Å². The molecule has 0 bridgehead atoms.